The lowest BCUT2D eigenvalue weighted by atomic mass is 10.1. The second-order valence-corrected chi connectivity index (χ2v) is 11.5. The van der Waals surface area contributed by atoms with Crippen LogP contribution in [-0.2, 0) is 48.4 Å². The van der Waals surface area contributed by atoms with E-state index in [4.69, 9.17) is 46.3 Å². The van der Waals surface area contributed by atoms with Crippen LogP contribution in [0.4, 0.5) is 0 Å². The molecule has 2 aliphatic rings. The molecule has 30 heavy (non-hydrogen) atoms. The second kappa shape index (κ2) is 9.02. The molecule has 2 saturated heterocycles. The molecular weight excluding hydrogens is 455 g/mol. The van der Waals surface area contributed by atoms with Crippen molar-refractivity contribution in [3.63, 3.8) is 0 Å². The van der Waals surface area contributed by atoms with E-state index in [9.17, 15) is 9.59 Å². The maximum absolute atomic E-state index is 13.0. The zero-order valence-corrected chi connectivity index (χ0v) is 18.4. The predicted molar refractivity (Wildman–Crippen MR) is 112 cm³/mol. The van der Waals surface area contributed by atoms with E-state index >= 15 is 0 Å². The van der Waals surface area contributed by atoms with Crippen molar-refractivity contribution in [2.24, 2.45) is 0 Å². The average Bonchev–Trinajstić information content (AvgIpc) is 3.07. The summed E-state index contributed by atoms with van der Waals surface area (Å²) in [6.07, 6.45) is -1.22. The summed E-state index contributed by atoms with van der Waals surface area (Å²) in [6, 6.07) is 10.7. The van der Waals surface area contributed by atoms with Crippen LogP contribution < -0.4 is 11.2 Å². The smallest absolute Gasteiger partial charge is 0.335 e. The third-order valence-electron chi connectivity index (χ3n) is 4.90. The normalized spacial score (nSPS) is 30.9. The Hall–Kier alpha value is -1.36. The Labute approximate surface area is 182 Å². The first kappa shape index (κ1) is 21.9. The summed E-state index contributed by atoms with van der Waals surface area (Å²) < 4.78 is 30.3. The molecule has 9 nitrogen and oxygen atoms in total. The molecule has 4 rings (SSSR count). The van der Waals surface area contributed by atoms with Crippen LogP contribution >= 0.6 is 17.1 Å². The highest BCUT2D eigenvalue weighted by molar-refractivity contribution is 8.22. The molecule has 12 heteroatoms. The number of aromatic nitrogens is 2. The van der Waals surface area contributed by atoms with E-state index in [1.165, 1.54) is 23.9 Å². The molecule has 0 N–H and O–H groups in total. The van der Waals surface area contributed by atoms with Gasteiger partial charge in [0.1, 0.15) is 25.0 Å². The molecule has 2 aliphatic heterocycles. The third-order valence-corrected chi connectivity index (χ3v) is 6.96. The van der Waals surface area contributed by atoms with Crippen molar-refractivity contribution in [2.45, 2.75) is 37.9 Å². The summed E-state index contributed by atoms with van der Waals surface area (Å²) >= 11 is 11.2. The fourth-order valence-corrected chi connectivity index (χ4v) is 5.31. The molecule has 0 saturated carbocycles. The van der Waals surface area contributed by atoms with Crippen LogP contribution in [0.5, 0.6) is 0 Å². The quantitative estimate of drug-likeness (QED) is 0.587. The minimum Gasteiger partial charge on any atom is -0.374 e. The van der Waals surface area contributed by atoms with E-state index in [0.717, 1.165) is 10.1 Å². The molecule has 0 bridgehead atoms. The van der Waals surface area contributed by atoms with Crippen LogP contribution in [0.3, 0.4) is 0 Å². The SMILES string of the molecule is CO[C@@H]1[C@@H]2O[P@@](=S)(Cl)OC[C@H]2O[C@H]1n1ccc(=O)n(COCc2ccccc2)c1=O. The van der Waals surface area contributed by atoms with Gasteiger partial charge in [0, 0.05) is 19.4 Å². The molecule has 0 amide bonds. The number of nitrogens with zero attached hydrogens (tertiary/aromatic N) is 2. The van der Waals surface area contributed by atoms with E-state index in [2.05, 4.69) is 0 Å². The molecule has 1 aromatic carbocycles. The van der Waals surface area contributed by atoms with Gasteiger partial charge in [-0.25, -0.2) is 9.36 Å². The molecule has 3 heterocycles. The first-order chi connectivity index (χ1) is 14.4. The van der Waals surface area contributed by atoms with Crippen LogP contribution in [0.1, 0.15) is 11.8 Å². The summed E-state index contributed by atoms with van der Waals surface area (Å²) in [5.74, 6) is -2.92. The van der Waals surface area contributed by atoms with Gasteiger partial charge in [-0.1, -0.05) is 30.3 Å². The molecule has 2 fully saturated rings. The lowest BCUT2D eigenvalue weighted by Gasteiger charge is -2.31. The molecule has 1 aromatic heterocycles. The molecule has 162 valence electrons. The minimum absolute atomic E-state index is 0.135. The van der Waals surface area contributed by atoms with Crippen molar-refractivity contribution in [3.8, 4) is 0 Å². The van der Waals surface area contributed by atoms with Gasteiger partial charge in [-0.15, -0.1) is 0 Å². The summed E-state index contributed by atoms with van der Waals surface area (Å²) in [5.41, 5.74) is -0.143. The van der Waals surface area contributed by atoms with E-state index < -0.39 is 41.6 Å². The van der Waals surface area contributed by atoms with Crippen molar-refractivity contribution in [3.05, 3.63) is 69.0 Å². The van der Waals surface area contributed by atoms with Gasteiger partial charge in [0.15, 0.2) is 6.23 Å². The van der Waals surface area contributed by atoms with Crippen molar-refractivity contribution < 1.29 is 23.3 Å². The number of halogens is 1. The highest BCUT2D eigenvalue weighted by Crippen LogP contribution is 2.60. The minimum atomic E-state index is -2.92. The Balaban J connectivity index is 1.56. The average molecular weight is 475 g/mol. The highest BCUT2D eigenvalue weighted by Gasteiger charge is 2.52. The fraction of sp³-hybridized carbons (Fsp3) is 0.444. The van der Waals surface area contributed by atoms with Crippen LogP contribution in [0.2, 0.25) is 0 Å². The van der Waals surface area contributed by atoms with Crippen molar-refractivity contribution in [2.75, 3.05) is 13.7 Å². The lowest BCUT2D eigenvalue weighted by Crippen LogP contribution is -2.44. The Morgan fingerprint density at radius 1 is 1.27 bits per heavy atom. The van der Waals surface area contributed by atoms with Crippen LogP contribution in [0, 0.1) is 0 Å². The van der Waals surface area contributed by atoms with E-state index in [-0.39, 0.29) is 19.9 Å². The van der Waals surface area contributed by atoms with Crippen molar-refractivity contribution >= 4 is 28.9 Å². The van der Waals surface area contributed by atoms with Gasteiger partial charge in [0.25, 0.3) is 11.4 Å². The zero-order chi connectivity index (χ0) is 21.3. The number of methoxy groups -OCH3 is 1. The van der Waals surface area contributed by atoms with Crippen LogP contribution in [0.25, 0.3) is 0 Å². The van der Waals surface area contributed by atoms with Crippen molar-refractivity contribution in [1.82, 2.24) is 9.13 Å². The standard InChI is InChI=1S/C18H20ClN2O7PS/c1-24-16-15-13(10-26-29(19,30)28-15)27-17(16)20-8-7-14(22)21(18(20)23)11-25-9-12-5-3-2-4-6-12/h2-8,13,15-17H,9-11H2,1H3/t13-,15-,16-,17-,29-/m1/s1. The largest absolute Gasteiger partial charge is 0.374 e. The van der Waals surface area contributed by atoms with E-state index in [1.807, 2.05) is 30.3 Å². The molecule has 2 aromatic rings. The number of benzene rings is 1. The predicted octanol–water partition coefficient (Wildman–Crippen LogP) is 1.98. The van der Waals surface area contributed by atoms with Gasteiger partial charge in [0.05, 0.1) is 13.2 Å². The maximum atomic E-state index is 13.0. The summed E-state index contributed by atoms with van der Waals surface area (Å²) in [6.45, 7) is 0.195. The Bertz CT molecular complexity index is 1060. The number of hydrogen-bond acceptors (Lipinski definition) is 8. The molecule has 0 unspecified atom stereocenters. The highest BCUT2D eigenvalue weighted by atomic mass is 35.7. The van der Waals surface area contributed by atoms with E-state index in [1.54, 1.807) is 0 Å². The first-order valence-corrected chi connectivity index (χ1v) is 12.7. The summed E-state index contributed by atoms with van der Waals surface area (Å²) in [4.78, 5) is 25.3. The number of hydrogen-bond donors (Lipinski definition) is 0. The van der Waals surface area contributed by atoms with Crippen molar-refractivity contribution in [1.29, 1.82) is 0 Å². The molecular formula is C18H20ClN2O7PS. The Morgan fingerprint density at radius 2 is 2.03 bits per heavy atom. The Kier molecular flexibility index (Phi) is 6.57. The molecule has 0 spiro atoms. The Morgan fingerprint density at radius 3 is 2.77 bits per heavy atom. The zero-order valence-electron chi connectivity index (χ0n) is 16.0. The fourth-order valence-electron chi connectivity index (χ4n) is 3.46. The van der Waals surface area contributed by atoms with Gasteiger partial charge in [0.2, 0.25) is 0 Å². The van der Waals surface area contributed by atoms with Gasteiger partial charge in [-0.3, -0.25) is 9.36 Å². The summed E-state index contributed by atoms with van der Waals surface area (Å²) in [7, 11) is 1.48. The molecule has 0 aliphatic carbocycles. The van der Waals surface area contributed by atoms with Gasteiger partial charge in [-0.2, -0.15) is 0 Å². The molecule has 0 radical (unpaired) electrons. The lowest BCUT2D eigenvalue weighted by molar-refractivity contribution is -0.0626. The monoisotopic (exact) mass is 474 g/mol. The molecule has 5 atom stereocenters. The number of ether oxygens (including phenoxy) is 3. The van der Waals surface area contributed by atoms with Crippen LogP contribution in [-0.4, -0.2) is 41.2 Å². The van der Waals surface area contributed by atoms with Gasteiger partial charge in [-0.05, 0) is 28.6 Å². The third kappa shape index (κ3) is 4.46. The van der Waals surface area contributed by atoms with Gasteiger partial charge < -0.3 is 23.3 Å². The maximum Gasteiger partial charge on any atom is 0.335 e. The first-order valence-electron chi connectivity index (χ1n) is 9.14. The summed E-state index contributed by atoms with van der Waals surface area (Å²) in [5, 5.41) is 0. The van der Waals surface area contributed by atoms with Crippen LogP contribution in [0.15, 0.2) is 52.2 Å². The van der Waals surface area contributed by atoms with E-state index in [0.29, 0.717) is 0 Å². The second-order valence-electron chi connectivity index (χ2n) is 6.80. The van der Waals surface area contributed by atoms with Gasteiger partial charge >= 0.3 is 5.69 Å². The topological polar surface area (TPSA) is 90.2 Å². The number of fused-ring (bicyclic) bond motifs is 1. The number of rotatable bonds is 6.